The summed E-state index contributed by atoms with van der Waals surface area (Å²) >= 11 is 0. The van der Waals surface area contributed by atoms with E-state index in [-0.39, 0.29) is 11.8 Å². The van der Waals surface area contributed by atoms with Gasteiger partial charge in [-0.15, -0.1) is 0 Å². The fourth-order valence-electron chi connectivity index (χ4n) is 2.28. The monoisotopic (exact) mass is 372 g/mol. The Balaban J connectivity index is 2.23. The molecule has 146 valence electrons. The number of carbonyl (C=O) groups is 2. The molecule has 0 amide bonds. The largest absolute Gasteiger partial charge is 0.497 e. The molecule has 0 aromatic heterocycles. The smallest absolute Gasteiger partial charge is 0.305 e. The van der Waals surface area contributed by atoms with E-state index >= 15 is 0 Å². The topological polar surface area (TPSA) is 72.8 Å². The molecule has 1 unspecified atom stereocenters. The highest BCUT2D eigenvalue weighted by molar-refractivity contribution is 5.90. The Morgan fingerprint density at radius 2 is 1.74 bits per heavy atom. The van der Waals surface area contributed by atoms with Gasteiger partial charge in [-0.25, -0.2) is 0 Å². The minimum Gasteiger partial charge on any atom is -0.497 e. The summed E-state index contributed by atoms with van der Waals surface area (Å²) in [5.41, 5.74) is 1.09. The summed E-state index contributed by atoms with van der Waals surface area (Å²) in [4.78, 5) is 22.8. The third kappa shape index (κ3) is 10.8. The molecule has 27 heavy (non-hydrogen) atoms. The molecule has 1 aromatic rings. The van der Waals surface area contributed by atoms with E-state index in [2.05, 4.69) is 4.74 Å². The standard InChI is InChI=1S/C22H28O5/c1-26-21-16-13-18(14-17-21)12-15-20(24)9-6-4-3-5-8-19(23)10-7-11-22(25)27-2/h3-6,8-9,13-14,16-17,19,23H,7,10-12,15H2,1-2H3/b4-3+,8-5-,9-6+. The number of carbonyl (C=O) groups excluding carboxylic acids is 2. The van der Waals surface area contributed by atoms with E-state index in [0.717, 1.165) is 11.3 Å². The van der Waals surface area contributed by atoms with Crippen molar-refractivity contribution in [2.75, 3.05) is 14.2 Å². The van der Waals surface area contributed by atoms with Gasteiger partial charge < -0.3 is 14.6 Å². The first kappa shape index (κ1) is 22.4. The fourth-order valence-corrected chi connectivity index (χ4v) is 2.28. The first-order valence-corrected chi connectivity index (χ1v) is 8.97. The number of ketones is 1. The van der Waals surface area contributed by atoms with Crippen molar-refractivity contribution >= 4 is 11.8 Å². The Morgan fingerprint density at radius 1 is 1.04 bits per heavy atom. The number of hydrogen-bond acceptors (Lipinski definition) is 5. The molecule has 0 spiro atoms. The van der Waals surface area contributed by atoms with Crippen LogP contribution in [0, 0.1) is 0 Å². The Labute approximate surface area is 161 Å². The van der Waals surface area contributed by atoms with Crippen LogP contribution in [0.25, 0.3) is 0 Å². The van der Waals surface area contributed by atoms with Crippen molar-refractivity contribution in [2.45, 2.75) is 38.2 Å². The molecule has 1 rings (SSSR count). The molecule has 0 saturated heterocycles. The van der Waals surface area contributed by atoms with Gasteiger partial charge in [0.15, 0.2) is 5.78 Å². The maximum absolute atomic E-state index is 11.8. The highest BCUT2D eigenvalue weighted by Gasteiger charge is 2.03. The average Bonchev–Trinajstić information content (AvgIpc) is 2.69. The summed E-state index contributed by atoms with van der Waals surface area (Å²) < 4.78 is 9.64. The molecule has 0 saturated carbocycles. The van der Waals surface area contributed by atoms with Crippen LogP contribution in [0.3, 0.4) is 0 Å². The van der Waals surface area contributed by atoms with Crippen molar-refractivity contribution in [1.82, 2.24) is 0 Å². The van der Waals surface area contributed by atoms with Crippen molar-refractivity contribution in [3.63, 3.8) is 0 Å². The average molecular weight is 372 g/mol. The molecule has 0 heterocycles. The maximum Gasteiger partial charge on any atom is 0.305 e. The minimum atomic E-state index is -0.602. The molecular formula is C22H28O5. The van der Waals surface area contributed by atoms with Crippen molar-refractivity contribution in [3.8, 4) is 5.75 Å². The van der Waals surface area contributed by atoms with Crippen molar-refractivity contribution in [2.24, 2.45) is 0 Å². The lowest BCUT2D eigenvalue weighted by atomic mass is 10.1. The van der Waals surface area contributed by atoms with Gasteiger partial charge in [-0.2, -0.15) is 0 Å². The van der Waals surface area contributed by atoms with E-state index in [0.29, 0.717) is 32.1 Å². The number of allylic oxidation sites excluding steroid dienone is 5. The summed E-state index contributed by atoms with van der Waals surface area (Å²) in [6.07, 6.45) is 12.0. The lowest BCUT2D eigenvalue weighted by Crippen LogP contribution is -2.05. The Morgan fingerprint density at radius 3 is 2.41 bits per heavy atom. The van der Waals surface area contributed by atoms with E-state index in [1.54, 1.807) is 43.6 Å². The second kappa shape index (κ2) is 13.5. The van der Waals surface area contributed by atoms with Crippen LogP contribution in [-0.2, 0) is 20.7 Å². The van der Waals surface area contributed by atoms with Crippen LogP contribution in [0.5, 0.6) is 5.75 Å². The zero-order chi connectivity index (χ0) is 19.9. The van der Waals surface area contributed by atoms with E-state index in [1.165, 1.54) is 7.11 Å². The number of hydrogen-bond donors (Lipinski definition) is 1. The normalized spacial score (nSPS) is 12.7. The molecule has 0 aliphatic carbocycles. The van der Waals surface area contributed by atoms with Crippen LogP contribution in [-0.4, -0.2) is 37.2 Å². The summed E-state index contributed by atoms with van der Waals surface area (Å²) in [5, 5.41) is 9.74. The number of aryl methyl sites for hydroxylation is 1. The molecule has 0 bridgehead atoms. The first-order chi connectivity index (χ1) is 13.0. The van der Waals surface area contributed by atoms with Crippen molar-refractivity contribution < 1.29 is 24.2 Å². The van der Waals surface area contributed by atoms with Crippen molar-refractivity contribution in [1.29, 1.82) is 0 Å². The lowest BCUT2D eigenvalue weighted by molar-refractivity contribution is -0.140. The number of aliphatic hydroxyl groups excluding tert-OH is 1. The Hall–Kier alpha value is -2.66. The Bertz CT molecular complexity index is 656. The van der Waals surface area contributed by atoms with Gasteiger partial charge in [-0.3, -0.25) is 9.59 Å². The number of ether oxygens (including phenoxy) is 2. The van der Waals surface area contributed by atoms with Gasteiger partial charge in [0.2, 0.25) is 0 Å². The van der Waals surface area contributed by atoms with E-state index in [9.17, 15) is 14.7 Å². The number of benzene rings is 1. The lowest BCUT2D eigenvalue weighted by Gasteiger charge is -2.03. The molecule has 1 N–H and O–H groups in total. The SMILES string of the molecule is COC(=O)CCCC(O)\C=C/C=C/C=C/C(=O)CCc1ccc(OC)cc1. The molecule has 1 atom stereocenters. The van der Waals surface area contributed by atoms with E-state index < -0.39 is 6.10 Å². The number of methoxy groups -OCH3 is 2. The molecule has 0 fully saturated rings. The second-order valence-corrected chi connectivity index (χ2v) is 5.98. The predicted molar refractivity (Wildman–Crippen MR) is 106 cm³/mol. The van der Waals surface area contributed by atoms with Gasteiger partial charge in [-0.1, -0.05) is 42.5 Å². The van der Waals surface area contributed by atoms with Crippen LogP contribution < -0.4 is 4.74 Å². The van der Waals surface area contributed by atoms with Crippen LogP contribution in [0.2, 0.25) is 0 Å². The number of rotatable bonds is 12. The van der Waals surface area contributed by atoms with E-state index in [4.69, 9.17) is 4.74 Å². The number of esters is 1. The minimum absolute atomic E-state index is 0.0577. The van der Waals surface area contributed by atoms with Gasteiger partial charge in [0.05, 0.1) is 20.3 Å². The Kier molecular flexibility index (Phi) is 11.2. The zero-order valence-corrected chi connectivity index (χ0v) is 16.0. The van der Waals surface area contributed by atoms with Gasteiger partial charge in [0.25, 0.3) is 0 Å². The fraction of sp³-hybridized carbons (Fsp3) is 0.364. The molecule has 0 radical (unpaired) electrons. The van der Waals surface area contributed by atoms with Gasteiger partial charge in [0.1, 0.15) is 5.75 Å². The van der Waals surface area contributed by atoms with Crippen LogP contribution >= 0.6 is 0 Å². The first-order valence-electron chi connectivity index (χ1n) is 8.97. The second-order valence-electron chi connectivity index (χ2n) is 5.98. The third-order valence-corrected chi connectivity index (χ3v) is 3.88. The van der Waals surface area contributed by atoms with Crippen molar-refractivity contribution in [3.05, 3.63) is 66.3 Å². The van der Waals surface area contributed by atoms with Gasteiger partial charge >= 0.3 is 5.97 Å². The summed E-state index contributed by atoms with van der Waals surface area (Å²) in [6, 6.07) is 7.68. The zero-order valence-electron chi connectivity index (χ0n) is 16.0. The maximum atomic E-state index is 11.8. The molecule has 5 heteroatoms. The third-order valence-electron chi connectivity index (χ3n) is 3.88. The number of aliphatic hydroxyl groups is 1. The summed E-state index contributed by atoms with van der Waals surface area (Å²) in [5.74, 6) is 0.590. The molecule has 0 aliphatic heterocycles. The van der Waals surface area contributed by atoms with Gasteiger partial charge in [0, 0.05) is 12.8 Å². The highest BCUT2D eigenvalue weighted by atomic mass is 16.5. The quantitative estimate of drug-likeness (QED) is 0.345. The molecule has 1 aromatic carbocycles. The molecular weight excluding hydrogens is 344 g/mol. The van der Waals surface area contributed by atoms with Gasteiger partial charge in [-0.05, 0) is 43.0 Å². The molecule has 5 nitrogen and oxygen atoms in total. The van der Waals surface area contributed by atoms with Crippen LogP contribution in [0.15, 0.2) is 60.7 Å². The van der Waals surface area contributed by atoms with E-state index in [1.807, 2.05) is 24.3 Å². The predicted octanol–water partition coefficient (Wildman–Crippen LogP) is 3.57. The van der Waals surface area contributed by atoms with Crippen LogP contribution in [0.4, 0.5) is 0 Å². The van der Waals surface area contributed by atoms with Crippen LogP contribution in [0.1, 0.15) is 31.2 Å². The highest BCUT2D eigenvalue weighted by Crippen LogP contribution is 2.12. The summed E-state index contributed by atoms with van der Waals surface area (Å²) in [7, 11) is 2.97. The molecule has 0 aliphatic rings. The summed E-state index contributed by atoms with van der Waals surface area (Å²) in [6.45, 7) is 0.